The maximum Gasteiger partial charge on any atom is 0.307 e. The van der Waals surface area contributed by atoms with Gasteiger partial charge >= 0.3 is 4.87 Å². The van der Waals surface area contributed by atoms with Crippen molar-refractivity contribution in [3.05, 3.63) is 51.6 Å². The normalized spacial score (nSPS) is 13.7. The van der Waals surface area contributed by atoms with E-state index in [0.29, 0.717) is 25.1 Å². The quantitative estimate of drug-likeness (QED) is 0.707. The van der Waals surface area contributed by atoms with Crippen LogP contribution in [-0.4, -0.2) is 25.4 Å². The lowest BCUT2D eigenvalue weighted by Gasteiger charge is -2.16. The van der Waals surface area contributed by atoms with E-state index in [4.69, 9.17) is 0 Å². The molecule has 1 amide bonds. The number of nitrogens with one attached hydrogen (secondary N) is 1. The first kappa shape index (κ1) is 18.7. The molecular formula is C19H19N3O4S2. The summed E-state index contributed by atoms with van der Waals surface area (Å²) in [4.78, 5) is 25.5. The summed E-state index contributed by atoms with van der Waals surface area (Å²) in [5, 5.41) is 0. The van der Waals surface area contributed by atoms with Crippen molar-refractivity contribution in [3.8, 4) is 0 Å². The van der Waals surface area contributed by atoms with Crippen molar-refractivity contribution in [1.29, 1.82) is 0 Å². The molecule has 0 unspecified atom stereocenters. The third-order valence-corrected chi connectivity index (χ3v) is 7.28. The fourth-order valence-electron chi connectivity index (χ4n) is 3.41. The first-order valence-electron chi connectivity index (χ1n) is 8.86. The maximum absolute atomic E-state index is 12.8. The molecule has 0 bridgehead atoms. The van der Waals surface area contributed by atoms with Gasteiger partial charge in [-0.15, -0.1) is 0 Å². The molecular weight excluding hydrogens is 398 g/mol. The standard InChI is InChI=1S/C19H19N3O4S2/c1-3-18(23)22-9-8-12-10-14(5-7-15(12)22)28(25,26)20-13-4-6-16-17(11-13)27-19(24)21(16)2/h4-7,10-11,20H,3,8-9H2,1-2H3. The maximum atomic E-state index is 12.8. The number of carbonyl (C=O) groups excluding carboxylic acids is 1. The third-order valence-electron chi connectivity index (χ3n) is 4.90. The van der Waals surface area contributed by atoms with E-state index in [-0.39, 0.29) is 15.7 Å². The number of rotatable bonds is 4. The molecule has 2 aromatic carbocycles. The second-order valence-electron chi connectivity index (χ2n) is 6.65. The molecule has 0 fully saturated rings. The lowest BCUT2D eigenvalue weighted by atomic mass is 10.2. The van der Waals surface area contributed by atoms with Gasteiger partial charge in [0.15, 0.2) is 0 Å². The first-order chi connectivity index (χ1) is 13.3. The van der Waals surface area contributed by atoms with Crippen LogP contribution in [0, 0.1) is 0 Å². The average Bonchev–Trinajstić information content (AvgIpc) is 3.21. The first-order valence-corrected chi connectivity index (χ1v) is 11.2. The minimum absolute atomic E-state index is 0.0302. The molecule has 1 aliphatic rings. The van der Waals surface area contributed by atoms with E-state index < -0.39 is 10.0 Å². The minimum atomic E-state index is -3.78. The third kappa shape index (κ3) is 3.10. The summed E-state index contributed by atoms with van der Waals surface area (Å²) in [5.41, 5.74) is 2.79. The second-order valence-corrected chi connectivity index (χ2v) is 9.33. The van der Waals surface area contributed by atoms with Gasteiger partial charge in [0, 0.05) is 25.7 Å². The van der Waals surface area contributed by atoms with Crippen LogP contribution in [0.4, 0.5) is 11.4 Å². The van der Waals surface area contributed by atoms with Crippen LogP contribution >= 0.6 is 11.3 Å². The van der Waals surface area contributed by atoms with Gasteiger partial charge in [0.2, 0.25) is 5.91 Å². The molecule has 0 saturated carbocycles. The van der Waals surface area contributed by atoms with Crippen LogP contribution in [-0.2, 0) is 28.3 Å². The van der Waals surface area contributed by atoms with Crippen LogP contribution in [0.3, 0.4) is 0 Å². The Morgan fingerprint density at radius 1 is 1.21 bits per heavy atom. The predicted molar refractivity (Wildman–Crippen MR) is 111 cm³/mol. The van der Waals surface area contributed by atoms with Crippen LogP contribution in [0.15, 0.2) is 46.1 Å². The largest absolute Gasteiger partial charge is 0.312 e. The van der Waals surface area contributed by atoms with E-state index in [9.17, 15) is 18.0 Å². The molecule has 1 aromatic heterocycles. The molecule has 1 N–H and O–H groups in total. The summed E-state index contributed by atoms with van der Waals surface area (Å²) < 4.78 is 30.5. The highest BCUT2D eigenvalue weighted by molar-refractivity contribution is 7.92. The molecule has 0 aliphatic carbocycles. The van der Waals surface area contributed by atoms with Gasteiger partial charge < -0.3 is 9.47 Å². The number of anilines is 2. The van der Waals surface area contributed by atoms with Gasteiger partial charge in [0.25, 0.3) is 10.0 Å². The van der Waals surface area contributed by atoms with Crippen LogP contribution in [0.25, 0.3) is 10.2 Å². The molecule has 7 nitrogen and oxygen atoms in total. The average molecular weight is 418 g/mol. The number of hydrogen-bond acceptors (Lipinski definition) is 5. The predicted octanol–water partition coefficient (Wildman–Crippen LogP) is 2.70. The Kier molecular flexibility index (Phi) is 4.51. The number of hydrogen-bond donors (Lipinski definition) is 1. The Morgan fingerprint density at radius 2 is 2.00 bits per heavy atom. The van der Waals surface area contributed by atoms with Gasteiger partial charge in [-0.1, -0.05) is 18.3 Å². The second kappa shape index (κ2) is 6.75. The summed E-state index contributed by atoms with van der Waals surface area (Å²) in [7, 11) is -2.10. The number of thiazole rings is 1. The van der Waals surface area contributed by atoms with Crippen molar-refractivity contribution in [1.82, 2.24) is 4.57 Å². The van der Waals surface area contributed by atoms with Crippen LogP contribution < -0.4 is 14.5 Å². The van der Waals surface area contributed by atoms with Gasteiger partial charge in [-0.05, 0) is 48.4 Å². The zero-order valence-corrected chi connectivity index (χ0v) is 17.1. The highest BCUT2D eigenvalue weighted by Crippen LogP contribution is 2.31. The SMILES string of the molecule is CCC(=O)N1CCc2cc(S(=O)(=O)Nc3ccc4c(c3)sc(=O)n4C)ccc21. The van der Waals surface area contributed by atoms with Crippen LogP contribution in [0.5, 0.6) is 0 Å². The molecule has 0 radical (unpaired) electrons. The van der Waals surface area contributed by atoms with E-state index >= 15 is 0 Å². The number of aromatic nitrogens is 1. The molecule has 1 aliphatic heterocycles. The molecule has 4 rings (SSSR count). The molecule has 0 spiro atoms. The van der Waals surface area contributed by atoms with E-state index in [2.05, 4.69) is 4.72 Å². The Bertz CT molecular complexity index is 1260. The molecule has 146 valence electrons. The fraction of sp³-hybridized carbons (Fsp3) is 0.263. The van der Waals surface area contributed by atoms with Gasteiger partial charge in [0.1, 0.15) is 0 Å². The summed E-state index contributed by atoms with van der Waals surface area (Å²) in [6.45, 7) is 2.38. The van der Waals surface area contributed by atoms with E-state index in [1.165, 1.54) is 10.6 Å². The number of benzene rings is 2. The summed E-state index contributed by atoms with van der Waals surface area (Å²) in [5.74, 6) is 0.0302. The number of amides is 1. The van der Waals surface area contributed by atoms with E-state index in [0.717, 1.165) is 32.8 Å². The Balaban J connectivity index is 1.64. The van der Waals surface area contributed by atoms with Crippen molar-refractivity contribution < 1.29 is 13.2 Å². The van der Waals surface area contributed by atoms with Gasteiger partial charge in [-0.25, -0.2) is 8.42 Å². The van der Waals surface area contributed by atoms with Gasteiger partial charge in [-0.2, -0.15) is 0 Å². The minimum Gasteiger partial charge on any atom is -0.312 e. The zero-order chi connectivity index (χ0) is 20.1. The van der Waals surface area contributed by atoms with Crippen LogP contribution in [0.1, 0.15) is 18.9 Å². The molecule has 2 heterocycles. The highest BCUT2D eigenvalue weighted by Gasteiger charge is 2.26. The number of sulfonamides is 1. The topological polar surface area (TPSA) is 88.5 Å². The highest BCUT2D eigenvalue weighted by atomic mass is 32.2. The smallest absolute Gasteiger partial charge is 0.307 e. The summed E-state index contributed by atoms with van der Waals surface area (Å²) in [6.07, 6.45) is 1.05. The van der Waals surface area contributed by atoms with Crippen molar-refractivity contribution in [2.24, 2.45) is 7.05 Å². The molecule has 3 aromatic rings. The number of aryl methyl sites for hydroxylation is 1. The number of nitrogens with zero attached hydrogens (tertiary/aromatic N) is 2. The zero-order valence-electron chi connectivity index (χ0n) is 15.4. The van der Waals surface area contributed by atoms with Crippen LogP contribution in [0.2, 0.25) is 0 Å². The number of fused-ring (bicyclic) bond motifs is 2. The van der Waals surface area contributed by atoms with Crippen molar-refractivity contribution in [3.63, 3.8) is 0 Å². The number of carbonyl (C=O) groups is 1. The van der Waals surface area contributed by atoms with Gasteiger partial charge in [0.05, 0.1) is 20.8 Å². The lowest BCUT2D eigenvalue weighted by molar-refractivity contribution is -0.118. The molecule has 0 saturated heterocycles. The monoisotopic (exact) mass is 417 g/mol. The van der Waals surface area contributed by atoms with E-state index in [1.54, 1.807) is 42.3 Å². The summed E-state index contributed by atoms with van der Waals surface area (Å²) >= 11 is 1.07. The van der Waals surface area contributed by atoms with Crippen molar-refractivity contribution >= 4 is 48.9 Å². The fourth-order valence-corrected chi connectivity index (χ4v) is 5.43. The van der Waals surface area contributed by atoms with Gasteiger partial charge in [-0.3, -0.25) is 14.3 Å². The van der Waals surface area contributed by atoms with E-state index in [1.807, 2.05) is 6.92 Å². The Hall–Kier alpha value is -2.65. The Labute approximate surface area is 166 Å². The molecule has 9 heteroatoms. The summed E-state index contributed by atoms with van der Waals surface area (Å²) in [6, 6.07) is 9.86. The molecule has 28 heavy (non-hydrogen) atoms. The van der Waals surface area contributed by atoms with Crippen molar-refractivity contribution in [2.45, 2.75) is 24.7 Å². The van der Waals surface area contributed by atoms with Crippen molar-refractivity contribution in [2.75, 3.05) is 16.2 Å². The Morgan fingerprint density at radius 3 is 2.75 bits per heavy atom. The molecule has 0 atom stereocenters. The lowest BCUT2D eigenvalue weighted by Crippen LogP contribution is -2.27.